The molecule has 2 aliphatic carbocycles. The molecule has 0 aromatic carbocycles. The molecule has 3 aliphatic rings. The summed E-state index contributed by atoms with van der Waals surface area (Å²) >= 11 is 0. The highest BCUT2D eigenvalue weighted by molar-refractivity contribution is 5.97. The minimum Gasteiger partial charge on any atom is -0.481 e. The van der Waals surface area contributed by atoms with E-state index < -0.39 is 23.6 Å². The van der Waals surface area contributed by atoms with Crippen LogP contribution < -0.4 is 0 Å². The van der Waals surface area contributed by atoms with Crippen molar-refractivity contribution in [2.75, 3.05) is 0 Å². The maximum atomic E-state index is 12.8. The molecule has 0 radical (unpaired) electrons. The molecule has 0 aromatic heterocycles. The monoisotopic (exact) mass is 406 g/mol. The number of hydrogen-bond donors (Lipinski definition) is 1. The zero-order valence-corrected chi connectivity index (χ0v) is 19.0. The molecule has 29 heavy (non-hydrogen) atoms. The van der Waals surface area contributed by atoms with Crippen LogP contribution >= 0.6 is 0 Å². The Labute approximate surface area is 175 Å². The fourth-order valence-electron chi connectivity index (χ4n) is 6.16. The summed E-state index contributed by atoms with van der Waals surface area (Å²) in [5.74, 6) is -0.738. The molecule has 1 aliphatic heterocycles. The molecule has 0 bridgehead atoms. The highest BCUT2D eigenvalue weighted by Crippen LogP contribution is 2.59. The number of allylic oxidation sites excluding steroid dienone is 2. The Kier molecular flexibility index (Phi) is 6.05. The number of carbonyl (C=O) groups excluding carboxylic acids is 1. The number of hydrogen-bond acceptors (Lipinski definition) is 4. The van der Waals surface area contributed by atoms with Crippen molar-refractivity contribution >= 4 is 11.8 Å². The quantitative estimate of drug-likeness (QED) is 0.612. The molecule has 1 saturated heterocycles. The van der Waals surface area contributed by atoms with Gasteiger partial charge < -0.3 is 5.11 Å². The number of ketones is 1. The first-order valence-corrected chi connectivity index (χ1v) is 11.2. The van der Waals surface area contributed by atoms with E-state index in [1.807, 2.05) is 13.8 Å². The standard InChI is InChI=1S/C24H38O5/c1-15-17(24(6)11-7-10-22(3,4)20(24)14-18(15)25)8-12-23(5)13-9-19(28-29-23)16(2)21(26)27/h16,19-20H,7-14H2,1-6H3,(H,26,27)/t16-,19-,20-,23+,24+/m0/s1. The lowest BCUT2D eigenvalue weighted by Crippen LogP contribution is -2.48. The summed E-state index contributed by atoms with van der Waals surface area (Å²) < 4.78 is 0. The summed E-state index contributed by atoms with van der Waals surface area (Å²) in [7, 11) is 0. The van der Waals surface area contributed by atoms with Crippen LogP contribution in [0.1, 0.15) is 92.9 Å². The molecule has 0 amide bonds. The van der Waals surface area contributed by atoms with Crippen LogP contribution in [-0.2, 0) is 19.4 Å². The molecule has 0 aromatic rings. The third-order valence-electron chi connectivity index (χ3n) is 8.36. The first-order valence-electron chi connectivity index (χ1n) is 11.2. The van der Waals surface area contributed by atoms with Crippen LogP contribution in [0.2, 0.25) is 0 Å². The molecule has 5 atom stereocenters. The molecular formula is C24H38O5. The van der Waals surface area contributed by atoms with Gasteiger partial charge in [0.2, 0.25) is 0 Å². The van der Waals surface area contributed by atoms with Crippen molar-refractivity contribution in [1.82, 2.24) is 0 Å². The number of Topliss-reactive ketones (excluding diaryl/α,β-unsaturated/α-hetero) is 1. The first kappa shape index (κ1) is 22.5. The van der Waals surface area contributed by atoms with Gasteiger partial charge in [0.25, 0.3) is 0 Å². The fraction of sp³-hybridized carbons (Fsp3) is 0.833. The average Bonchev–Trinajstić information content (AvgIpc) is 2.63. The van der Waals surface area contributed by atoms with Gasteiger partial charge in [0.1, 0.15) is 11.7 Å². The summed E-state index contributed by atoms with van der Waals surface area (Å²) in [5.41, 5.74) is 2.09. The van der Waals surface area contributed by atoms with Gasteiger partial charge in [0.15, 0.2) is 5.78 Å². The van der Waals surface area contributed by atoms with Crippen molar-refractivity contribution in [3.05, 3.63) is 11.1 Å². The highest BCUT2D eigenvalue weighted by Gasteiger charge is 2.52. The predicted molar refractivity (Wildman–Crippen MR) is 111 cm³/mol. The molecule has 1 saturated carbocycles. The van der Waals surface area contributed by atoms with E-state index in [1.54, 1.807) is 6.92 Å². The average molecular weight is 407 g/mol. The van der Waals surface area contributed by atoms with Crippen molar-refractivity contribution in [3.8, 4) is 0 Å². The van der Waals surface area contributed by atoms with Crippen LogP contribution in [0.5, 0.6) is 0 Å². The Bertz CT molecular complexity index is 698. The van der Waals surface area contributed by atoms with E-state index in [-0.39, 0.29) is 10.8 Å². The number of carbonyl (C=O) groups is 2. The Balaban J connectivity index is 1.73. The van der Waals surface area contributed by atoms with Gasteiger partial charge in [-0.15, -0.1) is 0 Å². The molecule has 5 nitrogen and oxygen atoms in total. The first-order chi connectivity index (χ1) is 13.4. The van der Waals surface area contributed by atoms with Gasteiger partial charge >= 0.3 is 5.97 Å². The number of rotatable bonds is 5. The molecule has 0 unspecified atom stereocenters. The van der Waals surface area contributed by atoms with Gasteiger partial charge in [-0.25, -0.2) is 9.78 Å². The summed E-state index contributed by atoms with van der Waals surface area (Å²) in [6.07, 6.45) is 6.86. The fourth-order valence-corrected chi connectivity index (χ4v) is 6.16. The maximum absolute atomic E-state index is 12.8. The minimum absolute atomic E-state index is 0.0754. The molecule has 2 fully saturated rings. The number of aliphatic carboxylic acids is 1. The Morgan fingerprint density at radius 2 is 1.90 bits per heavy atom. The second-order valence-corrected chi connectivity index (χ2v) is 10.9. The summed E-state index contributed by atoms with van der Waals surface area (Å²) in [4.78, 5) is 35.3. The topological polar surface area (TPSA) is 72.8 Å². The second kappa shape index (κ2) is 7.81. The number of fused-ring (bicyclic) bond motifs is 1. The molecule has 1 N–H and O–H groups in total. The van der Waals surface area contributed by atoms with Gasteiger partial charge in [0, 0.05) is 6.42 Å². The summed E-state index contributed by atoms with van der Waals surface area (Å²) in [6, 6.07) is 0. The smallest absolute Gasteiger partial charge is 0.308 e. The molecule has 1 heterocycles. The Morgan fingerprint density at radius 3 is 2.48 bits per heavy atom. The van der Waals surface area contributed by atoms with E-state index in [0.29, 0.717) is 24.5 Å². The van der Waals surface area contributed by atoms with Gasteiger partial charge in [0.05, 0.1) is 5.92 Å². The maximum Gasteiger partial charge on any atom is 0.308 e. The van der Waals surface area contributed by atoms with Crippen LogP contribution in [-0.4, -0.2) is 28.6 Å². The SMILES string of the molecule is CC1=C(CC[C@]2(C)CC[C@@H]([C@H](C)C(=O)O)OO2)[C@@]2(C)CCCC(C)(C)[C@@H]2CC1=O. The van der Waals surface area contributed by atoms with Gasteiger partial charge in [-0.2, -0.15) is 0 Å². The van der Waals surface area contributed by atoms with E-state index in [4.69, 9.17) is 9.78 Å². The third kappa shape index (κ3) is 4.18. The predicted octanol–water partition coefficient (Wildman–Crippen LogP) is 5.48. The molecule has 164 valence electrons. The second-order valence-electron chi connectivity index (χ2n) is 10.9. The van der Waals surface area contributed by atoms with Crippen LogP contribution in [0.3, 0.4) is 0 Å². The zero-order chi connectivity index (χ0) is 21.6. The van der Waals surface area contributed by atoms with Gasteiger partial charge in [-0.05, 0) is 81.6 Å². The van der Waals surface area contributed by atoms with E-state index in [0.717, 1.165) is 31.3 Å². The number of carboxylic acids is 1. The Hall–Kier alpha value is -1.20. The van der Waals surface area contributed by atoms with Crippen LogP contribution in [0.15, 0.2) is 11.1 Å². The van der Waals surface area contributed by atoms with Crippen LogP contribution in [0, 0.1) is 22.7 Å². The lowest BCUT2D eigenvalue weighted by Gasteiger charge is -2.55. The summed E-state index contributed by atoms with van der Waals surface area (Å²) in [6.45, 7) is 12.7. The largest absolute Gasteiger partial charge is 0.481 e. The number of carboxylic acid groups (broad SMARTS) is 1. The molecule has 0 spiro atoms. The Morgan fingerprint density at radius 1 is 1.21 bits per heavy atom. The lowest BCUT2D eigenvalue weighted by atomic mass is 9.49. The van der Waals surface area contributed by atoms with Crippen LogP contribution in [0.4, 0.5) is 0 Å². The van der Waals surface area contributed by atoms with Crippen molar-refractivity contribution in [2.45, 2.75) is 105 Å². The van der Waals surface area contributed by atoms with Crippen molar-refractivity contribution in [1.29, 1.82) is 0 Å². The van der Waals surface area contributed by atoms with Gasteiger partial charge in [-0.1, -0.05) is 32.8 Å². The van der Waals surface area contributed by atoms with Gasteiger partial charge in [-0.3, -0.25) is 9.59 Å². The van der Waals surface area contributed by atoms with E-state index in [1.165, 1.54) is 18.4 Å². The third-order valence-corrected chi connectivity index (χ3v) is 8.36. The highest BCUT2D eigenvalue weighted by atomic mass is 17.2. The van der Waals surface area contributed by atoms with Crippen molar-refractivity contribution < 1.29 is 24.5 Å². The van der Waals surface area contributed by atoms with Crippen molar-refractivity contribution in [2.24, 2.45) is 22.7 Å². The minimum atomic E-state index is -0.859. The van der Waals surface area contributed by atoms with Crippen molar-refractivity contribution in [3.63, 3.8) is 0 Å². The molecular weight excluding hydrogens is 368 g/mol. The van der Waals surface area contributed by atoms with E-state index >= 15 is 0 Å². The molecule has 3 rings (SSSR count). The molecule has 5 heteroatoms. The van der Waals surface area contributed by atoms with E-state index in [2.05, 4.69) is 20.8 Å². The normalized spacial score (nSPS) is 38.5. The van der Waals surface area contributed by atoms with E-state index in [9.17, 15) is 14.7 Å². The summed E-state index contributed by atoms with van der Waals surface area (Å²) in [5, 5.41) is 9.20. The van der Waals surface area contributed by atoms with Crippen LogP contribution in [0.25, 0.3) is 0 Å². The zero-order valence-electron chi connectivity index (χ0n) is 19.0. The lowest BCUT2D eigenvalue weighted by molar-refractivity contribution is -0.411.